The number of aliphatic hydroxyl groups is 4. The van der Waals surface area contributed by atoms with E-state index in [1.807, 2.05) is 13.8 Å². The lowest BCUT2D eigenvalue weighted by Gasteiger charge is -2.28. The summed E-state index contributed by atoms with van der Waals surface area (Å²) in [4.78, 5) is 77.3. The number of hydrogen-bond donors (Lipinski definition) is 9. The first-order valence-electron chi connectivity index (χ1n) is 14.5. The second-order valence-electron chi connectivity index (χ2n) is 11.0. The van der Waals surface area contributed by atoms with Gasteiger partial charge in [0.15, 0.2) is 6.73 Å². The smallest absolute Gasteiger partial charge is 0.247 e. The molecule has 6 atom stereocenters. The fraction of sp³-hybridized carbons (Fsp3) is 0.667. The van der Waals surface area contributed by atoms with Crippen molar-refractivity contribution in [2.24, 2.45) is 11.1 Å². The maximum absolute atomic E-state index is 13.5. The summed E-state index contributed by atoms with van der Waals surface area (Å²) in [6.45, 7) is 3.48. The van der Waals surface area contributed by atoms with Gasteiger partial charge in [-0.1, -0.05) is 19.0 Å². The number of carbonyl (C=O) groups is 5. The van der Waals surface area contributed by atoms with Gasteiger partial charge in [0.1, 0.15) is 36.4 Å². The van der Waals surface area contributed by atoms with E-state index in [9.17, 15) is 39.3 Å². The van der Waals surface area contributed by atoms with E-state index in [1.54, 1.807) is 0 Å². The highest BCUT2D eigenvalue weighted by Crippen LogP contribution is 2.18. The standard InChI is InChI=1S/C27H44N8O10/c1-15(2)7-18(33-27(44)21-5-4-6-35(21)16(3)38)25(42)32-19(8-17-9-28-13-29-17)26(43)34-20(11-36)24(41)30-14-45-31-10-22(39)23(40)12-37/h9-10,13,15,18-23,36-37,39-40H,4-8,11-12,14H2,1-3H3,(H,28,29)(H,30,41)(H,32,42)(H,33,44)(H,34,43)/b31-10+/t18-,19-,20-,21-,22?,23?/m0/s1. The molecule has 1 aromatic rings. The van der Waals surface area contributed by atoms with Gasteiger partial charge in [0, 0.05) is 31.8 Å². The maximum atomic E-state index is 13.5. The molecule has 0 bridgehead atoms. The Morgan fingerprint density at radius 1 is 1.07 bits per heavy atom. The molecule has 0 spiro atoms. The second kappa shape index (κ2) is 18.6. The van der Waals surface area contributed by atoms with Crippen molar-refractivity contribution in [3.05, 3.63) is 18.2 Å². The summed E-state index contributed by atoms with van der Waals surface area (Å²) in [6.07, 6.45) is 1.92. The van der Waals surface area contributed by atoms with Gasteiger partial charge < -0.3 is 56.4 Å². The number of hydrogen-bond acceptors (Lipinski definition) is 12. The first-order chi connectivity index (χ1) is 21.4. The normalized spacial score (nSPS) is 18.1. The van der Waals surface area contributed by atoms with E-state index >= 15 is 0 Å². The number of likely N-dealkylation sites (tertiary alicyclic amines) is 1. The molecule has 2 unspecified atom stereocenters. The Labute approximate surface area is 260 Å². The number of aromatic nitrogens is 2. The number of H-pyrrole nitrogens is 1. The van der Waals surface area contributed by atoms with E-state index in [0.29, 0.717) is 25.1 Å². The largest absolute Gasteiger partial charge is 0.394 e. The Bertz CT molecular complexity index is 1150. The molecule has 18 heteroatoms. The van der Waals surface area contributed by atoms with Crippen molar-refractivity contribution in [1.29, 1.82) is 0 Å². The molecule has 2 rings (SSSR count). The molecular formula is C27H44N8O10. The van der Waals surface area contributed by atoms with E-state index < -0.39 is 79.9 Å². The Hall–Kier alpha value is -4.13. The minimum atomic E-state index is -1.51. The molecule has 0 radical (unpaired) electrons. The number of aliphatic hydroxyl groups excluding tert-OH is 4. The predicted molar refractivity (Wildman–Crippen MR) is 157 cm³/mol. The third-order valence-electron chi connectivity index (χ3n) is 6.91. The zero-order valence-corrected chi connectivity index (χ0v) is 25.5. The van der Waals surface area contributed by atoms with Crippen molar-refractivity contribution in [2.75, 3.05) is 26.5 Å². The molecule has 1 fully saturated rings. The molecule has 0 aliphatic carbocycles. The first kappa shape index (κ1) is 37.1. The van der Waals surface area contributed by atoms with Crippen LogP contribution in [-0.2, 0) is 35.2 Å². The number of nitrogens with zero attached hydrogens (tertiary/aromatic N) is 3. The molecule has 2 heterocycles. The summed E-state index contributed by atoms with van der Waals surface area (Å²) >= 11 is 0. The number of oxime groups is 1. The van der Waals surface area contributed by atoms with Crippen molar-refractivity contribution >= 4 is 35.8 Å². The summed E-state index contributed by atoms with van der Waals surface area (Å²) in [5.74, 6) is -3.08. The van der Waals surface area contributed by atoms with E-state index in [-0.39, 0.29) is 24.7 Å². The summed E-state index contributed by atoms with van der Waals surface area (Å²) in [5.41, 5.74) is 0.479. The van der Waals surface area contributed by atoms with Gasteiger partial charge in [0.05, 0.1) is 25.8 Å². The zero-order valence-electron chi connectivity index (χ0n) is 25.5. The molecule has 1 aliphatic rings. The molecule has 9 N–H and O–H groups in total. The van der Waals surface area contributed by atoms with Crippen molar-refractivity contribution in [3.8, 4) is 0 Å². The number of aromatic amines is 1. The number of carbonyl (C=O) groups excluding carboxylic acids is 5. The monoisotopic (exact) mass is 640 g/mol. The fourth-order valence-corrected chi connectivity index (χ4v) is 4.53. The van der Waals surface area contributed by atoms with Gasteiger partial charge in [0.2, 0.25) is 29.5 Å². The van der Waals surface area contributed by atoms with Crippen LogP contribution in [0.25, 0.3) is 0 Å². The van der Waals surface area contributed by atoms with Crippen LogP contribution in [0.5, 0.6) is 0 Å². The third kappa shape index (κ3) is 12.1. The maximum Gasteiger partial charge on any atom is 0.247 e. The van der Waals surface area contributed by atoms with Crippen molar-refractivity contribution in [1.82, 2.24) is 36.1 Å². The highest BCUT2D eigenvalue weighted by Gasteiger charge is 2.36. The van der Waals surface area contributed by atoms with Crippen LogP contribution in [0.3, 0.4) is 0 Å². The van der Waals surface area contributed by atoms with Gasteiger partial charge in [-0.05, 0) is 25.2 Å². The molecular weight excluding hydrogens is 596 g/mol. The van der Waals surface area contributed by atoms with Crippen LogP contribution in [-0.4, -0.2) is 134 Å². The van der Waals surface area contributed by atoms with Crippen LogP contribution in [0.2, 0.25) is 0 Å². The SMILES string of the molecule is CC(=O)N1CCC[C@H]1C(=O)N[C@@H](CC(C)C)C(=O)N[C@@H](Cc1cnc[nH]1)C(=O)N[C@@H](CO)C(=O)NCO/N=C/C(O)C(O)CO. The number of rotatable bonds is 18. The van der Waals surface area contributed by atoms with Gasteiger partial charge in [-0.15, -0.1) is 0 Å². The van der Waals surface area contributed by atoms with Crippen LogP contribution < -0.4 is 21.3 Å². The van der Waals surface area contributed by atoms with Crippen molar-refractivity contribution in [2.45, 2.75) is 82.8 Å². The summed E-state index contributed by atoms with van der Waals surface area (Å²) in [5, 5.41) is 50.6. The lowest BCUT2D eigenvalue weighted by Crippen LogP contribution is -2.59. The average molecular weight is 641 g/mol. The Morgan fingerprint density at radius 3 is 2.36 bits per heavy atom. The van der Waals surface area contributed by atoms with Crippen molar-refractivity contribution < 1.29 is 49.2 Å². The molecule has 45 heavy (non-hydrogen) atoms. The molecule has 0 aromatic carbocycles. The quantitative estimate of drug-likeness (QED) is 0.0325. The van der Waals surface area contributed by atoms with E-state index in [0.717, 1.165) is 6.21 Å². The molecule has 0 saturated carbocycles. The summed E-state index contributed by atoms with van der Waals surface area (Å²) < 4.78 is 0. The van der Waals surface area contributed by atoms with Gasteiger partial charge in [-0.25, -0.2) is 4.98 Å². The number of amides is 5. The Morgan fingerprint density at radius 2 is 1.76 bits per heavy atom. The van der Waals surface area contributed by atoms with Gasteiger partial charge in [-0.3, -0.25) is 24.0 Å². The second-order valence-corrected chi connectivity index (χ2v) is 11.0. The van der Waals surface area contributed by atoms with Crippen LogP contribution in [0.15, 0.2) is 17.7 Å². The number of imidazole rings is 1. The summed E-state index contributed by atoms with van der Waals surface area (Å²) in [6, 6.07) is -4.45. The predicted octanol–water partition coefficient (Wildman–Crippen LogP) is -3.75. The van der Waals surface area contributed by atoms with Crippen LogP contribution in [0, 0.1) is 5.92 Å². The van der Waals surface area contributed by atoms with Gasteiger partial charge in [0.25, 0.3) is 0 Å². The minimum Gasteiger partial charge on any atom is -0.394 e. The first-order valence-corrected chi connectivity index (χ1v) is 14.5. The average Bonchev–Trinajstić information content (AvgIpc) is 3.70. The van der Waals surface area contributed by atoms with Gasteiger partial charge >= 0.3 is 0 Å². The Balaban J connectivity index is 2.09. The van der Waals surface area contributed by atoms with Crippen molar-refractivity contribution in [3.63, 3.8) is 0 Å². The van der Waals surface area contributed by atoms with E-state index in [2.05, 4.69) is 36.4 Å². The highest BCUT2D eigenvalue weighted by atomic mass is 16.6. The van der Waals surface area contributed by atoms with E-state index in [4.69, 9.17) is 9.94 Å². The van der Waals surface area contributed by atoms with Gasteiger partial charge in [-0.2, -0.15) is 0 Å². The molecule has 1 aliphatic heterocycles. The minimum absolute atomic E-state index is 0.0227. The molecule has 252 valence electrons. The molecule has 18 nitrogen and oxygen atoms in total. The number of nitrogens with one attached hydrogen (secondary N) is 5. The lowest BCUT2D eigenvalue weighted by molar-refractivity contribution is -0.138. The summed E-state index contributed by atoms with van der Waals surface area (Å²) in [7, 11) is 0. The topological polar surface area (TPSA) is 268 Å². The molecule has 5 amide bonds. The van der Waals surface area contributed by atoms with Crippen LogP contribution >= 0.6 is 0 Å². The zero-order chi connectivity index (χ0) is 33.5. The third-order valence-corrected chi connectivity index (χ3v) is 6.91. The van der Waals surface area contributed by atoms with E-state index in [1.165, 1.54) is 24.3 Å². The Kier molecular flexibility index (Phi) is 15.3. The lowest BCUT2D eigenvalue weighted by atomic mass is 10.0. The van der Waals surface area contributed by atoms with Crippen LogP contribution in [0.1, 0.15) is 45.7 Å². The molecule has 1 saturated heterocycles. The molecule has 1 aromatic heterocycles. The van der Waals surface area contributed by atoms with Crippen LogP contribution in [0.4, 0.5) is 0 Å². The fourth-order valence-electron chi connectivity index (χ4n) is 4.53. The highest BCUT2D eigenvalue weighted by molar-refractivity contribution is 5.95.